The zero-order valence-electron chi connectivity index (χ0n) is 23.2. The van der Waals surface area contributed by atoms with E-state index in [9.17, 15) is 14.4 Å². The molecule has 0 unspecified atom stereocenters. The number of anilines is 2. The first-order valence-corrected chi connectivity index (χ1v) is 14.6. The quantitative estimate of drug-likeness (QED) is 0.119. The molecule has 0 atom stereocenters. The van der Waals surface area contributed by atoms with Gasteiger partial charge in [0.15, 0.2) is 0 Å². The average molecular weight is 637 g/mol. The molecule has 0 heterocycles. The van der Waals surface area contributed by atoms with Crippen LogP contribution in [0.4, 0.5) is 11.4 Å². The average Bonchev–Trinajstić information content (AvgIpc) is 3.02. The fourth-order valence-electron chi connectivity index (χ4n) is 3.82. The van der Waals surface area contributed by atoms with Gasteiger partial charge < -0.3 is 25.4 Å². The van der Waals surface area contributed by atoms with Crippen molar-refractivity contribution in [2.24, 2.45) is 0 Å². The third-order valence-corrected chi connectivity index (χ3v) is 7.67. The first-order chi connectivity index (χ1) is 20.7. The normalized spacial score (nSPS) is 10.9. The van der Waals surface area contributed by atoms with E-state index in [2.05, 4.69) is 16.0 Å². The van der Waals surface area contributed by atoms with Gasteiger partial charge in [-0.2, -0.15) is 0 Å². The molecule has 0 aliphatic heterocycles. The summed E-state index contributed by atoms with van der Waals surface area (Å²) in [7, 11) is 3.04. The van der Waals surface area contributed by atoms with Crippen molar-refractivity contribution in [3.05, 3.63) is 118 Å². The smallest absolute Gasteiger partial charge is 0.272 e. The largest absolute Gasteiger partial charge is 0.497 e. The van der Waals surface area contributed by atoms with Crippen molar-refractivity contribution in [1.82, 2.24) is 5.32 Å². The Balaban J connectivity index is 1.50. The number of hydrogen-bond acceptors (Lipinski definition) is 6. The number of rotatable bonds is 11. The minimum atomic E-state index is -0.554. The molecular formula is C32H27Cl2N3O5S. The van der Waals surface area contributed by atoms with Crippen molar-refractivity contribution in [1.29, 1.82) is 0 Å². The Hall–Kier alpha value is -4.44. The van der Waals surface area contributed by atoms with Crippen LogP contribution in [0.3, 0.4) is 0 Å². The van der Waals surface area contributed by atoms with Gasteiger partial charge in [-0.25, -0.2) is 0 Å². The van der Waals surface area contributed by atoms with Gasteiger partial charge in [0.1, 0.15) is 17.2 Å². The van der Waals surface area contributed by atoms with Gasteiger partial charge in [-0.3, -0.25) is 14.4 Å². The van der Waals surface area contributed by atoms with Crippen LogP contribution in [0, 0.1) is 0 Å². The third kappa shape index (κ3) is 9.02. The van der Waals surface area contributed by atoms with Gasteiger partial charge in [0.25, 0.3) is 11.8 Å². The zero-order chi connectivity index (χ0) is 30.8. The van der Waals surface area contributed by atoms with Crippen LogP contribution in [0.2, 0.25) is 10.0 Å². The molecule has 0 saturated heterocycles. The lowest BCUT2D eigenvalue weighted by atomic mass is 10.1. The van der Waals surface area contributed by atoms with Crippen LogP contribution in [-0.4, -0.2) is 37.7 Å². The fourth-order valence-corrected chi connectivity index (χ4v) is 4.87. The predicted octanol–water partition coefficient (Wildman–Crippen LogP) is 7.15. The molecule has 11 heteroatoms. The van der Waals surface area contributed by atoms with E-state index in [1.165, 1.54) is 32.1 Å². The highest BCUT2D eigenvalue weighted by atomic mass is 35.5. The number of carbonyl (C=O) groups is 3. The van der Waals surface area contributed by atoms with E-state index in [0.717, 1.165) is 4.90 Å². The van der Waals surface area contributed by atoms with E-state index in [1.54, 1.807) is 84.9 Å². The molecular weight excluding hydrogens is 609 g/mol. The molecule has 220 valence electrons. The van der Waals surface area contributed by atoms with Crippen LogP contribution in [0.5, 0.6) is 11.5 Å². The molecule has 3 N–H and O–H groups in total. The van der Waals surface area contributed by atoms with E-state index in [0.29, 0.717) is 44.0 Å². The molecule has 43 heavy (non-hydrogen) atoms. The number of benzene rings is 4. The van der Waals surface area contributed by atoms with Crippen molar-refractivity contribution in [2.45, 2.75) is 4.90 Å². The van der Waals surface area contributed by atoms with E-state index >= 15 is 0 Å². The highest BCUT2D eigenvalue weighted by molar-refractivity contribution is 8.00. The summed E-state index contributed by atoms with van der Waals surface area (Å²) >= 11 is 13.2. The van der Waals surface area contributed by atoms with E-state index < -0.39 is 11.8 Å². The number of carbonyl (C=O) groups excluding carboxylic acids is 3. The Morgan fingerprint density at radius 3 is 2.28 bits per heavy atom. The summed E-state index contributed by atoms with van der Waals surface area (Å²) in [6.07, 6.45) is 1.53. The Labute approximate surface area is 263 Å². The van der Waals surface area contributed by atoms with E-state index in [-0.39, 0.29) is 17.4 Å². The standard InChI is InChI=1S/C32H27Cl2N3O5S/c1-41-24-13-11-21(29(18-24)42-2)15-28(37-31(39)20-7-4-3-5-8-20)32(40)36-22-9-6-10-25(16-22)43-19-30(38)35-23-12-14-26(33)27(34)17-23/h3-18H,19H2,1-2H3,(H,35,38)(H,36,40)(H,37,39)/b28-15+. The maximum absolute atomic E-state index is 13.5. The second-order valence-electron chi connectivity index (χ2n) is 8.93. The molecule has 0 saturated carbocycles. The maximum atomic E-state index is 13.5. The monoisotopic (exact) mass is 635 g/mol. The fraction of sp³-hybridized carbons (Fsp3) is 0.0938. The summed E-state index contributed by atoms with van der Waals surface area (Å²) in [6, 6.07) is 25.6. The highest BCUT2D eigenvalue weighted by Gasteiger charge is 2.17. The number of halogens is 2. The van der Waals surface area contributed by atoms with Crippen molar-refractivity contribution in [2.75, 3.05) is 30.6 Å². The molecule has 0 radical (unpaired) electrons. The molecule has 0 aliphatic rings. The van der Waals surface area contributed by atoms with Gasteiger partial charge >= 0.3 is 0 Å². The SMILES string of the molecule is COc1ccc(/C=C(/NC(=O)c2ccccc2)C(=O)Nc2cccc(SCC(=O)Nc3ccc(Cl)c(Cl)c3)c2)c(OC)c1. The Morgan fingerprint density at radius 1 is 0.791 bits per heavy atom. The third-order valence-electron chi connectivity index (χ3n) is 5.93. The molecule has 0 spiro atoms. The first kappa shape index (κ1) is 31.5. The number of ether oxygens (including phenoxy) is 2. The second-order valence-corrected chi connectivity index (χ2v) is 10.8. The van der Waals surface area contributed by atoms with Crippen molar-refractivity contribution >= 4 is 70.1 Å². The van der Waals surface area contributed by atoms with Crippen LogP contribution >= 0.6 is 35.0 Å². The minimum Gasteiger partial charge on any atom is -0.497 e. The molecule has 8 nitrogen and oxygen atoms in total. The van der Waals surface area contributed by atoms with Crippen molar-refractivity contribution in [3.63, 3.8) is 0 Å². The van der Waals surface area contributed by atoms with E-state index in [1.807, 2.05) is 6.07 Å². The summed E-state index contributed by atoms with van der Waals surface area (Å²) < 4.78 is 10.7. The summed E-state index contributed by atoms with van der Waals surface area (Å²) in [5.41, 5.74) is 1.95. The summed E-state index contributed by atoms with van der Waals surface area (Å²) in [6.45, 7) is 0. The molecule has 4 rings (SSSR count). The number of nitrogens with one attached hydrogen (secondary N) is 3. The van der Waals surface area contributed by atoms with Crippen LogP contribution in [-0.2, 0) is 9.59 Å². The topological polar surface area (TPSA) is 106 Å². The molecule has 4 aromatic carbocycles. The highest BCUT2D eigenvalue weighted by Crippen LogP contribution is 2.28. The lowest BCUT2D eigenvalue weighted by Gasteiger charge is -2.13. The molecule has 4 aromatic rings. The Bertz CT molecular complexity index is 1660. The van der Waals surface area contributed by atoms with Gasteiger partial charge in [-0.15, -0.1) is 11.8 Å². The molecule has 0 fully saturated rings. The Morgan fingerprint density at radius 2 is 1.56 bits per heavy atom. The van der Waals surface area contributed by atoms with Crippen molar-refractivity contribution < 1.29 is 23.9 Å². The summed E-state index contributed by atoms with van der Waals surface area (Å²) in [5.74, 6) is -0.0920. The van der Waals surface area contributed by atoms with Crippen LogP contribution in [0.25, 0.3) is 6.08 Å². The predicted molar refractivity (Wildman–Crippen MR) is 172 cm³/mol. The number of hydrogen-bond donors (Lipinski definition) is 3. The van der Waals surface area contributed by atoms with Gasteiger partial charge in [0.05, 0.1) is 30.0 Å². The molecule has 0 aromatic heterocycles. The number of amides is 3. The van der Waals surface area contributed by atoms with Crippen LogP contribution in [0.15, 0.2) is 102 Å². The number of methoxy groups -OCH3 is 2. The summed E-state index contributed by atoms with van der Waals surface area (Å²) in [5, 5.41) is 9.06. The second kappa shape index (κ2) is 15.2. The molecule has 0 aliphatic carbocycles. The maximum Gasteiger partial charge on any atom is 0.272 e. The lowest BCUT2D eigenvalue weighted by molar-refractivity contribution is -0.114. The van der Waals surface area contributed by atoms with Crippen LogP contribution < -0.4 is 25.4 Å². The Kier molecular flexibility index (Phi) is 11.1. The zero-order valence-corrected chi connectivity index (χ0v) is 25.5. The first-order valence-electron chi connectivity index (χ1n) is 12.8. The van der Waals surface area contributed by atoms with Crippen LogP contribution in [0.1, 0.15) is 15.9 Å². The lowest BCUT2D eigenvalue weighted by Crippen LogP contribution is -2.30. The van der Waals surface area contributed by atoms with Gasteiger partial charge in [-0.1, -0.05) is 47.5 Å². The van der Waals surface area contributed by atoms with E-state index in [4.69, 9.17) is 32.7 Å². The van der Waals surface area contributed by atoms with Crippen molar-refractivity contribution in [3.8, 4) is 11.5 Å². The van der Waals surface area contributed by atoms with Gasteiger partial charge in [0, 0.05) is 33.5 Å². The molecule has 3 amide bonds. The molecule has 0 bridgehead atoms. The van der Waals surface area contributed by atoms with Gasteiger partial charge in [0.2, 0.25) is 5.91 Å². The number of thioether (sulfide) groups is 1. The minimum absolute atomic E-state index is 0.00335. The van der Waals surface area contributed by atoms with Gasteiger partial charge in [-0.05, 0) is 66.7 Å². The summed E-state index contributed by atoms with van der Waals surface area (Å²) in [4.78, 5) is 39.7.